The van der Waals surface area contributed by atoms with Crippen molar-refractivity contribution in [3.63, 3.8) is 0 Å². The van der Waals surface area contributed by atoms with Crippen molar-refractivity contribution in [1.29, 1.82) is 0 Å². The lowest BCUT2D eigenvalue weighted by molar-refractivity contribution is 0.0459. The standard InChI is InChI=1S/C22H17NO3/c1-4-13-8-7-9-14(12-13)23-21-17-18(24)15-10-5-6-11-16(15)19(25)20(17)26-22(21,2)3/h1,5-12,21,23H,2-3H3. The first-order chi connectivity index (χ1) is 12.4. The number of benzene rings is 2. The highest BCUT2D eigenvalue weighted by molar-refractivity contribution is 6.27. The van der Waals surface area contributed by atoms with Crippen LogP contribution in [0.15, 0.2) is 59.9 Å². The number of anilines is 1. The van der Waals surface area contributed by atoms with E-state index in [1.165, 1.54) is 0 Å². The number of nitrogens with one attached hydrogen (secondary N) is 1. The molecule has 0 radical (unpaired) electrons. The van der Waals surface area contributed by atoms with Crippen molar-refractivity contribution in [2.45, 2.75) is 25.5 Å². The van der Waals surface area contributed by atoms with Gasteiger partial charge in [0.15, 0.2) is 11.5 Å². The summed E-state index contributed by atoms with van der Waals surface area (Å²) in [6.07, 6.45) is 5.47. The molecular weight excluding hydrogens is 326 g/mol. The molecule has 1 aliphatic heterocycles. The largest absolute Gasteiger partial charge is 0.481 e. The van der Waals surface area contributed by atoms with Crippen molar-refractivity contribution < 1.29 is 14.3 Å². The Bertz CT molecular complexity index is 1020. The van der Waals surface area contributed by atoms with Gasteiger partial charge in [0, 0.05) is 22.4 Å². The third-order valence-corrected chi connectivity index (χ3v) is 4.80. The number of allylic oxidation sites excluding steroid dienone is 1. The molecule has 1 heterocycles. The summed E-state index contributed by atoms with van der Waals surface area (Å²) in [6, 6.07) is 13.8. The van der Waals surface area contributed by atoms with Gasteiger partial charge in [0.05, 0.1) is 11.6 Å². The number of terminal acetylenes is 1. The summed E-state index contributed by atoms with van der Waals surface area (Å²) in [6.45, 7) is 3.72. The molecule has 4 rings (SSSR count). The van der Waals surface area contributed by atoms with Gasteiger partial charge in [-0.2, -0.15) is 0 Å². The molecule has 0 bridgehead atoms. The topological polar surface area (TPSA) is 55.4 Å². The molecule has 0 spiro atoms. The molecule has 128 valence electrons. The number of hydrogen-bond donors (Lipinski definition) is 1. The Morgan fingerprint density at radius 2 is 1.73 bits per heavy atom. The van der Waals surface area contributed by atoms with E-state index in [0.717, 1.165) is 11.3 Å². The van der Waals surface area contributed by atoms with Gasteiger partial charge in [-0.3, -0.25) is 9.59 Å². The Hall–Kier alpha value is -3.32. The zero-order valence-corrected chi connectivity index (χ0v) is 14.5. The maximum absolute atomic E-state index is 13.1. The van der Waals surface area contributed by atoms with E-state index in [0.29, 0.717) is 16.7 Å². The summed E-state index contributed by atoms with van der Waals surface area (Å²) in [4.78, 5) is 25.9. The van der Waals surface area contributed by atoms with E-state index >= 15 is 0 Å². The zero-order valence-electron chi connectivity index (χ0n) is 14.5. The molecule has 4 heteroatoms. The molecule has 0 amide bonds. The van der Waals surface area contributed by atoms with E-state index in [4.69, 9.17) is 11.2 Å². The number of fused-ring (bicyclic) bond motifs is 1. The van der Waals surface area contributed by atoms with Crippen LogP contribution in [0.4, 0.5) is 5.69 Å². The normalized spacial score (nSPS) is 20.1. The lowest BCUT2D eigenvalue weighted by Gasteiger charge is -2.29. The minimum absolute atomic E-state index is 0.143. The van der Waals surface area contributed by atoms with E-state index in [2.05, 4.69) is 11.2 Å². The maximum atomic E-state index is 13.1. The predicted octanol–water partition coefficient (Wildman–Crippen LogP) is 3.59. The van der Waals surface area contributed by atoms with Gasteiger partial charge in [-0.1, -0.05) is 36.3 Å². The molecule has 26 heavy (non-hydrogen) atoms. The fraction of sp³-hybridized carbons (Fsp3) is 0.182. The van der Waals surface area contributed by atoms with E-state index in [-0.39, 0.29) is 17.3 Å². The number of ketones is 2. The summed E-state index contributed by atoms with van der Waals surface area (Å²) in [5, 5.41) is 3.34. The lowest BCUT2D eigenvalue weighted by Crippen LogP contribution is -2.42. The maximum Gasteiger partial charge on any atom is 0.228 e. The van der Waals surface area contributed by atoms with Crippen molar-refractivity contribution in [1.82, 2.24) is 0 Å². The first-order valence-corrected chi connectivity index (χ1v) is 8.37. The summed E-state index contributed by atoms with van der Waals surface area (Å²) in [5.41, 5.74) is 1.94. The average molecular weight is 343 g/mol. The second-order valence-corrected chi connectivity index (χ2v) is 6.95. The minimum atomic E-state index is -0.760. The lowest BCUT2D eigenvalue weighted by atomic mass is 9.82. The Morgan fingerprint density at radius 3 is 2.42 bits per heavy atom. The molecule has 1 N–H and O–H groups in total. The summed E-state index contributed by atoms with van der Waals surface area (Å²) in [7, 11) is 0. The van der Waals surface area contributed by atoms with Crippen LogP contribution in [-0.2, 0) is 4.74 Å². The Labute approximate surface area is 151 Å². The first kappa shape index (κ1) is 16.2. The fourth-order valence-corrected chi connectivity index (χ4v) is 3.52. The van der Waals surface area contributed by atoms with Gasteiger partial charge in [0.2, 0.25) is 5.78 Å². The van der Waals surface area contributed by atoms with Gasteiger partial charge in [-0.05, 0) is 32.0 Å². The minimum Gasteiger partial charge on any atom is -0.481 e. The number of Topliss-reactive ketones (excluding diaryl/α,β-unsaturated/α-hetero) is 2. The SMILES string of the molecule is C#Cc1cccc(NC2C3=C(OC2(C)C)C(=O)c2ccccc2C3=O)c1. The molecule has 1 atom stereocenters. The van der Waals surface area contributed by atoms with E-state index in [9.17, 15) is 9.59 Å². The van der Waals surface area contributed by atoms with Gasteiger partial charge in [-0.25, -0.2) is 0 Å². The molecule has 2 aliphatic rings. The molecule has 2 aromatic rings. The van der Waals surface area contributed by atoms with Crippen molar-refractivity contribution in [2.75, 3.05) is 5.32 Å². The monoisotopic (exact) mass is 343 g/mol. The second kappa shape index (κ2) is 5.60. The van der Waals surface area contributed by atoms with Crippen molar-refractivity contribution >= 4 is 17.3 Å². The van der Waals surface area contributed by atoms with Crippen LogP contribution in [-0.4, -0.2) is 23.2 Å². The third kappa shape index (κ3) is 2.33. The van der Waals surface area contributed by atoms with Crippen molar-refractivity contribution in [3.8, 4) is 12.3 Å². The highest BCUT2D eigenvalue weighted by Gasteiger charge is 2.50. The van der Waals surface area contributed by atoms with Crippen LogP contribution >= 0.6 is 0 Å². The highest BCUT2D eigenvalue weighted by atomic mass is 16.5. The van der Waals surface area contributed by atoms with Crippen LogP contribution in [0.2, 0.25) is 0 Å². The van der Waals surface area contributed by atoms with Gasteiger partial charge >= 0.3 is 0 Å². The molecule has 1 aliphatic carbocycles. The van der Waals surface area contributed by atoms with Crippen LogP contribution < -0.4 is 5.32 Å². The molecular formula is C22H17NO3. The van der Waals surface area contributed by atoms with Crippen LogP contribution in [0.5, 0.6) is 0 Å². The Kier molecular flexibility index (Phi) is 3.48. The average Bonchev–Trinajstić information content (AvgIpc) is 2.91. The van der Waals surface area contributed by atoms with Gasteiger partial charge in [-0.15, -0.1) is 6.42 Å². The number of ether oxygens (including phenoxy) is 1. The number of carbonyl (C=O) groups is 2. The molecule has 2 aromatic carbocycles. The second-order valence-electron chi connectivity index (χ2n) is 6.95. The van der Waals surface area contributed by atoms with Crippen LogP contribution in [0, 0.1) is 12.3 Å². The third-order valence-electron chi connectivity index (χ3n) is 4.80. The Morgan fingerprint density at radius 1 is 1.04 bits per heavy atom. The summed E-state index contributed by atoms with van der Waals surface area (Å²) < 4.78 is 5.94. The fourth-order valence-electron chi connectivity index (χ4n) is 3.52. The highest BCUT2D eigenvalue weighted by Crippen LogP contribution is 2.42. The first-order valence-electron chi connectivity index (χ1n) is 8.37. The Balaban J connectivity index is 1.79. The van der Waals surface area contributed by atoms with Crippen LogP contribution in [0.1, 0.15) is 40.1 Å². The smallest absolute Gasteiger partial charge is 0.228 e. The number of rotatable bonds is 2. The van der Waals surface area contributed by atoms with E-state index < -0.39 is 11.6 Å². The summed E-state index contributed by atoms with van der Waals surface area (Å²) in [5.74, 6) is 2.32. The summed E-state index contributed by atoms with van der Waals surface area (Å²) >= 11 is 0. The van der Waals surface area contributed by atoms with Gasteiger partial charge in [0.25, 0.3) is 0 Å². The van der Waals surface area contributed by atoms with E-state index in [1.54, 1.807) is 24.3 Å². The van der Waals surface area contributed by atoms with Crippen LogP contribution in [0.3, 0.4) is 0 Å². The van der Waals surface area contributed by atoms with E-state index in [1.807, 2.05) is 38.1 Å². The number of carbonyl (C=O) groups excluding carboxylic acids is 2. The van der Waals surface area contributed by atoms with Gasteiger partial charge in [0.1, 0.15) is 5.60 Å². The molecule has 4 nitrogen and oxygen atoms in total. The van der Waals surface area contributed by atoms with Gasteiger partial charge < -0.3 is 10.1 Å². The van der Waals surface area contributed by atoms with Crippen molar-refractivity contribution in [3.05, 3.63) is 76.6 Å². The molecule has 1 unspecified atom stereocenters. The predicted molar refractivity (Wildman–Crippen MR) is 99.1 cm³/mol. The molecule has 0 saturated heterocycles. The molecule has 0 aromatic heterocycles. The van der Waals surface area contributed by atoms with Crippen molar-refractivity contribution in [2.24, 2.45) is 0 Å². The zero-order chi connectivity index (χ0) is 18.5. The quantitative estimate of drug-likeness (QED) is 0.847. The number of hydrogen-bond acceptors (Lipinski definition) is 4. The molecule has 0 fully saturated rings. The van der Waals surface area contributed by atoms with Crippen LogP contribution in [0.25, 0.3) is 0 Å². The molecule has 0 saturated carbocycles.